The molecule has 1 aromatic carbocycles. The molecule has 0 fully saturated rings. The Hall–Kier alpha value is -3.03. The molecule has 0 aliphatic carbocycles. The first-order valence-electron chi connectivity index (χ1n) is 13.6. The maximum Gasteiger partial charge on any atom is 0.281 e. The number of benzene rings is 1. The van der Waals surface area contributed by atoms with Gasteiger partial charge < -0.3 is 5.11 Å². The van der Waals surface area contributed by atoms with Gasteiger partial charge in [0.05, 0.1) is 10.6 Å². The second-order valence-electron chi connectivity index (χ2n) is 9.52. The van der Waals surface area contributed by atoms with E-state index in [1.54, 1.807) is 12.1 Å². The van der Waals surface area contributed by atoms with Crippen LogP contribution in [-0.4, -0.2) is 24.6 Å². The van der Waals surface area contributed by atoms with Crippen LogP contribution in [0.5, 0.6) is 5.88 Å². The zero-order chi connectivity index (χ0) is 28.1. The highest BCUT2D eigenvalue weighted by Crippen LogP contribution is 2.30. The molecule has 10 heteroatoms. The molecule has 1 unspecified atom stereocenters. The number of nitriles is 1. The molecular formula is C28H41N5O4S. The third kappa shape index (κ3) is 8.23. The van der Waals surface area contributed by atoms with Crippen molar-refractivity contribution in [3.05, 3.63) is 45.7 Å². The first kappa shape index (κ1) is 31.2. The summed E-state index contributed by atoms with van der Waals surface area (Å²) in [6.07, 6.45) is 7.35. The Balaban J connectivity index is 2.44. The Morgan fingerprint density at radius 3 is 2.42 bits per heavy atom. The summed E-state index contributed by atoms with van der Waals surface area (Å²) in [5, 5.41) is 28.8. The van der Waals surface area contributed by atoms with Crippen LogP contribution in [-0.2, 0) is 23.0 Å². The number of rotatable bonds is 16. The molecule has 0 saturated carbocycles. The minimum atomic E-state index is -3.75. The molecule has 0 aliphatic heterocycles. The molecular weight excluding hydrogens is 502 g/mol. The second-order valence-corrected chi connectivity index (χ2v) is 11.3. The van der Waals surface area contributed by atoms with Crippen LogP contribution in [0.3, 0.4) is 0 Å². The van der Waals surface area contributed by atoms with Gasteiger partial charge in [0.1, 0.15) is 11.6 Å². The number of nitrogens with zero attached hydrogens (tertiary/aromatic N) is 4. The Labute approximate surface area is 226 Å². The Bertz CT molecular complexity index is 1300. The minimum absolute atomic E-state index is 0.00278. The molecule has 0 spiro atoms. The van der Waals surface area contributed by atoms with Crippen molar-refractivity contribution < 1.29 is 13.5 Å². The lowest BCUT2D eigenvalue weighted by molar-refractivity contribution is 0.399. The Morgan fingerprint density at radius 1 is 1.08 bits per heavy atom. The molecule has 0 saturated heterocycles. The van der Waals surface area contributed by atoms with Crippen molar-refractivity contribution >= 4 is 21.4 Å². The molecule has 1 atom stereocenters. The molecule has 208 valence electrons. The maximum atomic E-state index is 13.3. The van der Waals surface area contributed by atoms with Crippen molar-refractivity contribution in [2.45, 2.75) is 96.9 Å². The first-order chi connectivity index (χ1) is 18.2. The Kier molecular flexibility index (Phi) is 12.6. The summed E-state index contributed by atoms with van der Waals surface area (Å²) in [7, 11) is -3.75. The molecule has 2 N–H and O–H groups in total. The summed E-state index contributed by atoms with van der Waals surface area (Å²) in [5.41, 5.74) is 0.122. The van der Waals surface area contributed by atoms with Gasteiger partial charge in [0.25, 0.3) is 5.56 Å². The highest BCUT2D eigenvalue weighted by Gasteiger charge is 2.22. The lowest BCUT2D eigenvalue weighted by Gasteiger charge is -2.15. The minimum Gasteiger partial charge on any atom is -0.493 e. The molecule has 0 amide bonds. The van der Waals surface area contributed by atoms with E-state index in [1.165, 1.54) is 16.7 Å². The summed E-state index contributed by atoms with van der Waals surface area (Å²) >= 11 is 0. The normalized spacial score (nSPS) is 12.6. The highest BCUT2D eigenvalue weighted by molar-refractivity contribution is 7.89. The predicted octanol–water partition coefficient (Wildman–Crippen LogP) is 6.48. The van der Waals surface area contributed by atoms with Gasteiger partial charge in [0.2, 0.25) is 15.9 Å². The van der Waals surface area contributed by atoms with Crippen LogP contribution in [0.1, 0.15) is 90.2 Å². The number of pyridine rings is 1. The maximum absolute atomic E-state index is 13.3. The van der Waals surface area contributed by atoms with Crippen molar-refractivity contribution in [1.82, 2.24) is 9.29 Å². The van der Waals surface area contributed by atoms with Crippen LogP contribution in [0, 0.1) is 17.2 Å². The molecule has 1 heterocycles. The molecule has 0 bridgehead atoms. The summed E-state index contributed by atoms with van der Waals surface area (Å²) in [5.74, 6) is -0.0765. The fraction of sp³-hybridized carbons (Fsp3) is 0.571. The average molecular weight is 544 g/mol. The zero-order valence-corrected chi connectivity index (χ0v) is 23.9. The first-order valence-corrected chi connectivity index (χ1v) is 15.1. The van der Waals surface area contributed by atoms with Crippen LogP contribution in [0.15, 0.2) is 44.2 Å². The van der Waals surface area contributed by atoms with Gasteiger partial charge in [-0.15, -0.1) is 5.11 Å². The molecule has 2 aromatic rings. The van der Waals surface area contributed by atoms with Gasteiger partial charge in [-0.05, 0) is 49.8 Å². The van der Waals surface area contributed by atoms with E-state index in [4.69, 9.17) is 0 Å². The van der Waals surface area contributed by atoms with E-state index in [0.717, 1.165) is 38.5 Å². The van der Waals surface area contributed by atoms with Gasteiger partial charge in [-0.25, -0.2) is 13.1 Å². The smallest absolute Gasteiger partial charge is 0.281 e. The van der Waals surface area contributed by atoms with Crippen molar-refractivity contribution in [3.8, 4) is 11.9 Å². The van der Waals surface area contributed by atoms with Gasteiger partial charge in [-0.1, -0.05) is 65.9 Å². The van der Waals surface area contributed by atoms with Crippen molar-refractivity contribution in [3.63, 3.8) is 0 Å². The number of aromatic nitrogens is 1. The van der Waals surface area contributed by atoms with Crippen LogP contribution in [0.4, 0.5) is 11.4 Å². The number of azo groups is 1. The van der Waals surface area contributed by atoms with Gasteiger partial charge in [-0.2, -0.15) is 10.4 Å². The number of nitrogens with one attached hydrogen (secondary N) is 1. The molecule has 0 aliphatic rings. The SMILES string of the molecule is CCCCc1c(C#N)c(O)n(CCCC)c(=O)c1N=Nc1cccc(S(=O)(=O)NCC(CC)CCCC)c1. The third-order valence-corrected chi connectivity index (χ3v) is 8.06. The van der Waals surface area contributed by atoms with E-state index in [1.807, 2.05) is 19.9 Å². The van der Waals surface area contributed by atoms with E-state index in [9.17, 15) is 23.6 Å². The zero-order valence-electron chi connectivity index (χ0n) is 23.0. The number of unbranched alkanes of at least 4 members (excludes halogenated alkanes) is 3. The van der Waals surface area contributed by atoms with Crippen molar-refractivity contribution in [2.24, 2.45) is 16.1 Å². The van der Waals surface area contributed by atoms with Gasteiger partial charge >= 0.3 is 0 Å². The molecule has 1 aromatic heterocycles. The Morgan fingerprint density at radius 2 is 1.79 bits per heavy atom. The summed E-state index contributed by atoms with van der Waals surface area (Å²) in [6.45, 7) is 8.75. The number of hydrogen-bond donors (Lipinski definition) is 2. The largest absolute Gasteiger partial charge is 0.493 e. The van der Waals surface area contributed by atoms with Crippen LogP contribution in [0.2, 0.25) is 0 Å². The number of aromatic hydroxyl groups is 1. The van der Waals surface area contributed by atoms with E-state index < -0.39 is 15.6 Å². The van der Waals surface area contributed by atoms with E-state index in [0.29, 0.717) is 31.4 Å². The summed E-state index contributed by atoms with van der Waals surface area (Å²) < 4.78 is 29.8. The highest BCUT2D eigenvalue weighted by atomic mass is 32.2. The van der Waals surface area contributed by atoms with E-state index in [2.05, 4.69) is 28.8 Å². The molecule has 2 rings (SSSR count). The lowest BCUT2D eigenvalue weighted by Crippen LogP contribution is -2.29. The number of hydrogen-bond acceptors (Lipinski definition) is 7. The summed E-state index contributed by atoms with van der Waals surface area (Å²) in [6, 6.07) is 8.11. The van der Waals surface area contributed by atoms with Crippen LogP contribution >= 0.6 is 0 Å². The fourth-order valence-electron chi connectivity index (χ4n) is 4.16. The van der Waals surface area contributed by atoms with Gasteiger partial charge in [0, 0.05) is 18.7 Å². The van der Waals surface area contributed by atoms with Gasteiger partial charge in [-0.3, -0.25) is 9.36 Å². The average Bonchev–Trinajstić information content (AvgIpc) is 2.91. The van der Waals surface area contributed by atoms with Crippen LogP contribution < -0.4 is 10.3 Å². The number of sulfonamides is 1. The van der Waals surface area contributed by atoms with Gasteiger partial charge in [0.15, 0.2) is 5.69 Å². The second kappa shape index (κ2) is 15.4. The molecule has 0 radical (unpaired) electrons. The monoisotopic (exact) mass is 543 g/mol. The van der Waals surface area contributed by atoms with Crippen molar-refractivity contribution in [1.29, 1.82) is 5.26 Å². The van der Waals surface area contributed by atoms with E-state index >= 15 is 0 Å². The fourth-order valence-corrected chi connectivity index (χ4v) is 5.31. The molecule has 38 heavy (non-hydrogen) atoms. The standard InChI is InChI=1S/C28H41N5O4S/c1-5-9-13-21(8-4)20-30-38(36,37)23-15-12-14-22(18-23)31-32-26-24(16-10-6-2)25(19-29)27(34)33(28(26)35)17-11-7-3/h12,14-15,18,21,30,34H,5-11,13,16-17,20H2,1-4H3. The molecule has 9 nitrogen and oxygen atoms in total. The lowest BCUT2D eigenvalue weighted by atomic mass is 10.00. The third-order valence-electron chi connectivity index (χ3n) is 6.64. The quantitative estimate of drug-likeness (QED) is 0.233. The van der Waals surface area contributed by atoms with Crippen LogP contribution in [0.25, 0.3) is 0 Å². The van der Waals surface area contributed by atoms with E-state index in [-0.39, 0.29) is 40.2 Å². The predicted molar refractivity (Wildman–Crippen MR) is 150 cm³/mol. The topological polar surface area (TPSA) is 137 Å². The summed E-state index contributed by atoms with van der Waals surface area (Å²) in [4.78, 5) is 13.3. The van der Waals surface area contributed by atoms with Crippen molar-refractivity contribution in [2.75, 3.05) is 6.54 Å².